The second-order valence-electron chi connectivity index (χ2n) is 4.51. The molecule has 4 nitrogen and oxygen atoms in total. The molecule has 0 bridgehead atoms. The van der Waals surface area contributed by atoms with E-state index < -0.39 is 0 Å². The Bertz CT molecular complexity index is 578. The van der Waals surface area contributed by atoms with Gasteiger partial charge in [-0.3, -0.25) is 0 Å². The zero-order chi connectivity index (χ0) is 13.7. The average molecular weight is 256 g/mol. The van der Waals surface area contributed by atoms with Gasteiger partial charge in [-0.15, -0.1) is 6.58 Å². The van der Waals surface area contributed by atoms with Gasteiger partial charge in [0.05, 0.1) is 5.52 Å². The second-order valence-corrected chi connectivity index (χ2v) is 4.51. The molecule has 100 valence electrons. The third kappa shape index (κ3) is 3.22. The zero-order valence-corrected chi connectivity index (χ0v) is 11.5. The first-order valence-corrected chi connectivity index (χ1v) is 6.61. The van der Waals surface area contributed by atoms with Crippen LogP contribution >= 0.6 is 0 Å². The Morgan fingerprint density at radius 1 is 1.26 bits per heavy atom. The molecule has 0 amide bonds. The average Bonchev–Trinajstić information content (AvgIpc) is 2.42. The molecule has 2 rings (SSSR count). The van der Waals surface area contributed by atoms with Crippen LogP contribution in [0.5, 0.6) is 0 Å². The number of nitrogens with zero attached hydrogens (tertiary/aromatic N) is 2. The van der Waals surface area contributed by atoms with Gasteiger partial charge in [-0.05, 0) is 25.5 Å². The lowest BCUT2D eigenvalue weighted by atomic mass is 10.1. The Balaban J connectivity index is 2.45. The van der Waals surface area contributed by atoms with Crippen molar-refractivity contribution in [1.82, 2.24) is 9.97 Å². The fourth-order valence-electron chi connectivity index (χ4n) is 1.86. The van der Waals surface area contributed by atoms with Gasteiger partial charge in [0.2, 0.25) is 5.95 Å². The van der Waals surface area contributed by atoms with Crippen LogP contribution in [0.25, 0.3) is 10.9 Å². The van der Waals surface area contributed by atoms with E-state index in [0.717, 1.165) is 29.7 Å². The molecule has 0 unspecified atom stereocenters. The molecule has 1 aromatic carbocycles. The van der Waals surface area contributed by atoms with Gasteiger partial charge in [0.15, 0.2) is 0 Å². The highest BCUT2D eigenvalue weighted by Gasteiger charge is 2.07. The Kier molecular flexibility index (Phi) is 4.34. The lowest BCUT2D eigenvalue weighted by Gasteiger charge is -2.11. The summed E-state index contributed by atoms with van der Waals surface area (Å²) in [5, 5.41) is 7.57. The highest BCUT2D eigenvalue weighted by atomic mass is 15.1. The molecule has 0 saturated heterocycles. The first-order valence-electron chi connectivity index (χ1n) is 6.61. The molecule has 0 atom stereocenters. The van der Waals surface area contributed by atoms with Gasteiger partial charge in [0.1, 0.15) is 5.82 Å². The molecule has 0 fully saturated rings. The maximum absolute atomic E-state index is 4.54. The minimum absolute atomic E-state index is 0.634. The maximum atomic E-state index is 4.54. The van der Waals surface area contributed by atoms with Gasteiger partial charge in [0, 0.05) is 18.5 Å². The molecule has 0 spiro atoms. The molecule has 0 aliphatic rings. The summed E-state index contributed by atoms with van der Waals surface area (Å²) < 4.78 is 0. The van der Waals surface area contributed by atoms with Crippen molar-refractivity contribution in [3.8, 4) is 0 Å². The van der Waals surface area contributed by atoms with E-state index in [9.17, 15) is 0 Å². The van der Waals surface area contributed by atoms with Crippen LogP contribution in [0.15, 0.2) is 30.9 Å². The minimum atomic E-state index is 0.634. The summed E-state index contributed by atoms with van der Waals surface area (Å²) in [7, 11) is 0. The van der Waals surface area contributed by atoms with E-state index in [0.29, 0.717) is 12.5 Å². The Morgan fingerprint density at radius 2 is 2.11 bits per heavy atom. The van der Waals surface area contributed by atoms with Crippen molar-refractivity contribution >= 4 is 22.7 Å². The lowest BCUT2D eigenvalue weighted by Crippen LogP contribution is -2.08. The van der Waals surface area contributed by atoms with Gasteiger partial charge >= 0.3 is 0 Å². The Hall–Kier alpha value is -2.10. The van der Waals surface area contributed by atoms with E-state index in [1.165, 1.54) is 5.56 Å². The summed E-state index contributed by atoms with van der Waals surface area (Å²) in [5.41, 5.74) is 2.16. The molecule has 2 aromatic rings. The van der Waals surface area contributed by atoms with E-state index in [1.54, 1.807) is 6.08 Å². The van der Waals surface area contributed by atoms with Crippen molar-refractivity contribution in [2.45, 2.75) is 20.3 Å². The molecule has 0 saturated carbocycles. The Labute approximate surface area is 114 Å². The van der Waals surface area contributed by atoms with Crippen LogP contribution in [0.3, 0.4) is 0 Å². The molecule has 1 heterocycles. The molecule has 19 heavy (non-hydrogen) atoms. The largest absolute Gasteiger partial charge is 0.369 e. The van der Waals surface area contributed by atoms with Crippen LogP contribution in [-0.4, -0.2) is 23.1 Å². The first-order chi connectivity index (χ1) is 9.24. The predicted molar refractivity (Wildman–Crippen MR) is 81.7 cm³/mol. The highest BCUT2D eigenvalue weighted by molar-refractivity contribution is 5.90. The number of hydrogen-bond donors (Lipinski definition) is 2. The molecule has 0 radical (unpaired) electrons. The van der Waals surface area contributed by atoms with Gasteiger partial charge < -0.3 is 10.6 Å². The van der Waals surface area contributed by atoms with Gasteiger partial charge in [0.25, 0.3) is 0 Å². The summed E-state index contributed by atoms with van der Waals surface area (Å²) in [5.74, 6) is 1.52. The standard InChI is InChI=1S/C15H20N4/c1-4-8-16-14-12-10-11(3)6-7-13(12)18-15(19-14)17-9-5-2/h5-7,10H,2,4,8-9H2,1,3H3,(H2,16,17,18,19). The Morgan fingerprint density at radius 3 is 2.84 bits per heavy atom. The van der Waals surface area contributed by atoms with Crippen LogP contribution < -0.4 is 10.6 Å². The molecule has 0 aliphatic heterocycles. The van der Waals surface area contributed by atoms with E-state index in [-0.39, 0.29) is 0 Å². The van der Waals surface area contributed by atoms with Crippen LogP contribution in [0.2, 0.25) is 0 Å². The van der Waals surface area contributed by atoms with Crippen molar-refractivity contribution in [3.63, 3.8) is 0 Å². The smallest absolute Gasteiger partial charge is 0.225 e. The SMILES string of the molecule is C=CCNc1nc(NCCC)c2cc(C)ccc2n1. The summed E-state index contributed by atoms with van der Waals surface area (Å²) in [6.45, 7) is 9.46. The van der Waals surface area contributed by atoms with Crippen molar-refractivity contribution in [2.24, 2.45) is 0 Å². The highest BCUT2D eigenvalue weighted by Crippen LogP contribution is 2.23. The number of hydrogen-bond acceptors (Lipinski definition) is 4. The third-order valence-electron chi connectivity index (χ3n) is 2.80. The van der Waals surface area contributed by atoms with Crippen molar-refractivity contribution in [1.29, 1.82) is 0 Å². The van der Waals surface area contributed by atoms with Crippen LogP contribution in [0.1, 0.15) is 18.9 Å². The number of fused-ring (bicyclic) bond motifs is 1. The number of anilines is 2. The first kappa shape index (κ1) is 13.3. The van der Waals surface area contributed by atoms with Gasteiger partial charge in [-0.25, -0.2) is 4.98 Å². The summed E-state index contributed by atoms with van der Waals surface area (Å²) in [4.78, 5) is 9.05. The number of nitrogens with one attached hydrogen (secondary N) is 2. The topological polar surface area (TPSA) is 49.8 Å². The van der Waals surface area contributed by atoms with Crippen molar-refractivity contribution in [2.75, 3.05) is 23.7 Å². The number of rotatable bonds is 6. The predicted octanol–water partition coefficient (Wildman–Crippen LogP) is 3.36. The van der Waals surface area contributed by atoms with Crippen molar-refractivity contribution < 1.29 is 0 Å². The van der Waals surface area contributed by atoms with Crippen molar-refractivity contribution in [3.05, 3.63) is 36.4 Å². The summed E-state index contributed by atoms with van der Waals surface area (Å²) in [6, 6.07) is 6.21. The summed E-state index contributed by atoms with van der Waals surface area (Å²) in [6.07, 6.45) is 2.86. The van der Waals surface area contributed by atoms with Gasteiger partial charge in [-0.2, -0.15) is 4.98 Å². The van der Waals surface area contributed by atoms with E-state index >= 15 is 0 Å². The van der Waals surface area contributed by atoms with E-state index in [4.69, 9.17) is 0 Å². The van der Waals surface area contributed by atoms with Crippen LogP contribution in [0.4, 0.5) is 11.8 Å². The zero-order valence-electron chi connectivity index (χ0n) is 11.5. The normalized spacial score (nSPS) is 10.4. The molecular formula is C15H20N4. The fourth-order valence-corrected chi connectivity index (χ4v) is 1.86. The molecule has 2 N–H and O–H groups in total. The number of aromatic nitrogens is 2. The van der Waals surface area contributed by atoms with Gasteiger partial charge in [-0.1, -0.05) is 24.6 Å². The third-order valence-corrected chi connectivity index (χ3v) is 2.80. The fraction of sp³-hybridized carbons (Fsp3) is 0.333. The quantitative estimate of drug-likeness (QED) is 0.778. The lowest BCUT2D eigenvalue weighted by molar-refractivity contribution is 0.969. The molecule has 1 aromatic heterocycles. The number of benzene rings is 1. The molecule has 0 aliphatic carbocycles. The van der Waals surface area contributed by atoms with E-state index in [2.05, 4.69) is 53.2 Å². The maximum Gasteiger partial charge on any atom is 0.225 e. The van der Waals surface area contributed by atoms with Crippen LogP contribution in [-0.2, 0) is 0 Å². The van der Waals surface area contributed by atoms with E-state index in [1.807, 2.05) is 6.07 Å². The summed E-state index contributed by atoms with van der Waals surface area (Å²) >= 11 is 0. The van der Waals surface area contributed by atoms with Crippen LogP contribution in [0, 0.1) is 6.92 Å². The molecule has 4 heteroatoms. The minimum Gasteiger partial charge on any atom is -0.369 e. The second kappa shape index (κ2) is 6.18. The monoisotopic (exact) mass is 256 g/mol. The molecular weight excluding hydrogens is 236 g/mol. The number of aryl methyl sites for hydroxylation is 1.